The van der Waals surface area contributed by atoms with Gasteiger partial charge < -0.3 is 10.1 Å². The molecule has 0 atom stereocenters. The third-order valence-electron chi connectivity index (χ3n) is 1.31. The molecule has 3 N–H and O–H groups in total. The lowest BCUT2D eigenvalue weighted by Gasteiger charge is -2.02. The Labute approximate surface area is 78.1 Å². The van der Waals surface area contributed by atoms with Crippen LogP contribution in [0.5, 0.6) is 0 Å². The second kappa shape index (κ2) is 4.38. The van der Waals surface area contributed by atoms with Gasteiger partial charge in [0.25, 0.3) is 11.5 Å². The minimum Gasteiger partial charge on any atom is -0.375 e. The number of carbonyl (C=O) groups is 1. The number of rotatable bonds is 3. The number of hydrogen-bond acceptors (Lipinski definition) is 4. The number of carbonyl (C=O) groups excluding carboxylic acids is 1. The van der Waals surface area contributed by atoms with Gasteiger partial charge in [-0.05, 0) is 0 Å². The predicted molar refractivity (Wildman–Crippen MR) is 48.2 cm³/mol. The van der Waals surface area contributed by atoms with E-state index in [1.165, 1.54) is 7.11 Å². The Kier molecular flexibility index (Phi) is 3.19. The number of hydrogen-bond donors (Lipinski definition) is 3. The number of ether oxygens (including phenoxy) is 1. The molecule has 0 aromatic carbocycles. The van der Waals surface area contributed by atoms with Crippen molar-refractivity contribution in [1.29, 1.82) is 0 Å². The van der Waals surface area contributed by atoms with Gasteiger partial charge in [-0.2, -0.15) is 0 Å². The first kappa shape index (κ1) is 10.2. The van der Waals surface area contributed by atoms with Crippen LogP contribution >= 0.6 is 0 Å². The lowest BCUT2D eigenvalue weighted by atomic mass is 10.5. The Hall–Kier alpha value is -1.89. The van der Waals surface area contributed by atoms with E-state index in [1.54, 1.807) is 0 Å². The van der Waals surface area contributed by atoms with Crippen molar-refractivity contribution in [1.82, 2.24) is 9.97 Å². The minimum atomic E-state index is -0.676. The summed E-state index contributed by atoms with van der Waals surface area (Å²) in [5, 5.41) is 2.28. The number of aromatic amines is 2. The molecule has 0 unspecified atom stereocenters. The van der Waals surface area contributed by atoms with Crippen LogP contribution in [0.4, 0.5) is 5.82 Å². The van der Waals surface area contributed by atoms with Crippen molar-refractivity contribution in [3.8, 4) is 0 Å². The van der Waals surface area contributed by atoms with Gasteiger partial charge in [0.05, 0.1) is 0 Å². The highest BCUT2D eigenvalue weighted by atomic mass is 16.5. The first-order valence-electron chi connectivity index (χ1n) is 3.74. The lowest BCUT2D eigenvalue weighted by molar-refractivity contribution is -0.119. The van der Waals surface area contributed by atoms with Gasteiger partial charge in [0.2, 0.25) is 0 Å². The second-order valence-corrected chi connectivity index (χ2v) is 2.48. The van der Waals surface area contributed by atoms with Gasteiger partial charge in [0.1, 0.15) is 12.4 Å². The van der Waals surface area contributed by atoms with Crippen LogP contribution in [0.15, 0.2) is 15.7 Å². The first-order valence-corrected chi connectivity index (χ1v) is 3.74. The number of methoxy groups -OCH3 is 1. The Bertz CT molecular complexity index is 405. The van der Waals surface area contributed by atoms with Crippen molar-refractivity contribution in [2.75, 3.05) is 19.0 Å². The summed E-state index contributed by atoms with van der Waals surface area (Å²) in [5.41, 5.74) is -1.26. The zero-order valence-electron chi connectivity index (χ0n) is 7.42. The second-order valence-electron chi connectivity index (χ2n) is 2.48. The molecule has 7 nitrogen and oxygen atoms in total. The van der Waals surface area contributed by atoms with Gasteiger partial charge in [-0.15, -0.1) is 0 Å². The highest BCUT2D eigenvalue weighted by Gasteiger charge is 2.02. The highest BCUT2D eigenvalue weighted by Crippen LogP contribution is 1.92. The van der Waals surface area contributed by atoms with Crippen LogP contribution in [-0.2, 0) is 9.53 Å². The molecule has 1 amide bonds. The van der Waals surface area contributed by atoms with E-state index >= 15 is 0 Å². The van der Waals surface area contributed by atoms with E-state index in [-0.39, 0.29) is 12.4 Å². The molecule has 1 heterocycles. The predicted octanol–water partition coefficient (Wildman–Crippen LogP) is -1.35. The molecule has 0 spiro atoms. The molecule has 0 aliphatic rings. The fraction of sp³-hybridized carbons (Fsp3) is 0.286. The van der Waals surface area contributed by atoms with Crippen LogP contribution in [0, 0.1) is 0 Å². The van der Waals surface area contributed by atoms with Crippen LogP contribution in [0.3, 0.4) is 0 Å². The van der Waals surface area contributed by atoms with E-state index in [2.05, 4.69) is 15.0 Å². The van der Waals surface area contributed by atoms with E-state index in [1.807, 2.05) is 4.98 Å². The van der Waals surface area contributed by atoms with Crippen molar-refractivity contribution in [3.63, 3.8) is 0 Å². The highest BCUT2D eigenvalue weighted by molar-refractivity contribution is 5.90. The molecule has 0 aliphatic carbocycles. The summed E-state index contributed by atoms with van der Waals surface area (Å²) in [6.07, 6.45) is 0. The monoisotopic (exact) mass is 199 g/mol. The largest absolute Gasteiger partial charge is 0.375 e. The van der Waals surface area contributed by atoms with Crippen LogP contribution < -0.4 is 16.6 Å². The fourth-order valence-electron chi connectivity index (χ4n) is 0.853. The number of amides is 1. The zero-order chi connectivity index (χ0) is 10.6. The Morgan fingerprint density at radius 1 is 1.50 bits per heavy atom. The third-order valence-corrected chi connectivity index (χ3v) is 1.31. The molecule has 7 heteroatoms. The van der Waals surface area contributed by atoms with Crippen LogP contribution in [0.25, 0.3) is 0 Å². The normalized spacial score (nSPS) is 9.79. The van der Waals surface area contributed by atoms with Crippen molar-refractivity contribution >= 4 is 11.7 Å². The molecular formula is C7H9N3O4. The maximum Gasteiger partial charge on any atom is 0.327 e. The molecule has 1 aromatic heterocycles. The van der Waals surface area contributed by atoms with E-state index in [4.69, 9.17) is 0 Å². The molecule has 14 heavy (non-hydrogen) atoms. The molecule has 1 rings (SSSR count). The van der Waals surface area contributed by atoms with E-state index in [0.29, 0.717) is 0 Å². The summed E-state index contributed by atoms with van der Waals surface area (Å²) in [4.78, 5) is 36.7. The Morgan fingerprint density at radius 2 is 2.21 bits per heavy atom. The molecule has 0 aliphatic heterocycles. The Morgan fingerprint density at radius 3 is 2.79 bits per heavy atom. The fourth-order valence-corrected chi connectivity index (χ4v) is 0.853. The molecular weight excluding hydrogens is 190 g/mol. The number of aromatic nitrogens is 2. The molecule has 0 radical (unpaired) electrons. The molecule has 0 saturated carbocycles. The smallest absolute Gasteiger partial charge is 0.327 e. The molecule has 0 fully saturated rings. The SMILES string of the molecule is COCC(=O)Nc1cc(=O)[nH]c(=O)[nH]1. The molecule has 1 aromatic rings. The quantitative estimate of drug-likeness (QED) is 0.559. The summed E-state index contributed by atoms with van der Waals surface area (Å²) >= 11 is 0. The topological polar surface area (TPSA) is 104 Å². The summed E-state index contributed by atoms with van der Waals surface area (Å²) < 4.78 is 4.55. The third kappa shape index (κ3) is 2.87. The van der Waals surface area contributed by atoms with Crippen molar-refractivity contribution in [2.24, 2.45) is 0 Å². The van der Waals surface area contributed by atoms with Crippen molar-refractivity contribution < 1.29 is 9.53 Å². The summed E-state index contributed by atoms with van der Waals surface area (Å²) in [5.74, 6) is -0.408. The number of anilines is 1. The van der Waals surface area contributed by atoms with E-state index < -0.39 is 17.2 Å². The summed E-state index contributed by atoms with van der Waals surface area (Å²) in [6.45, 7) is -0.144. The van der Waals surface area contributed by atoms with Crippen molar-refractivity contribution in [2.45, 2.75) is 0 Å². The standard InChI is InChI=1S/C7H9N3O4/c1-14-3-6(12)8-4-2-5(11)10-7(13)9-4/h2H,3H2,1H3,(H3,8,9,10,11,12,13). The summed E-state index contributed by atoms with van der Waals surface area (Å²) in [7, 11) is 1.36. The van der Waals surface area contributed by atoms with Crippen LogP contribution in [-0.4, -0.2) is 29.6 Å². The molecule has 0 saturated heterocycles. The number of nitrogens with one attached hydrogen (secondary N) is 3. The average Bonchev–Trinajstić information content (AvgIpc) is 2.01. The lowest BCUT2D eigenvalue weighted by Crippen LogP contribution is -2.26. The van der Waals surface area contributed by atoms with Gasteiger partial charge in [-0.1, -0.05) is 0 Å². The average molecular weight is 199 g/mol. The van der Waals surface area contributed by atoms with Gasteiger partial charge in [-0.3, -0.25) is 19.6 Å². The zero-order valence-corrected chi connectivity index (χ0v) is 7.42. The number of H-pyrrole nitrogens is 2. The molecule has 0 bridgehead atoms. The van der Waals surface area contributed by atoms with Gasteiger partial charge in [0, 0.05) is 13.2 Å². The van der Waals surface area contributed by atoms with Gasteiger partial charge in [0.15, 0.2) is 0 Å². The maximum atomic E-state index is 11.0. The first-order chi connectivity index (χ1) is 6.61. The van der Waals surface area contributed by atoms with Crippen LogP contribution in [0.1, 0.15) is 0 Å². The maximum absolute atomic E-state index is 11.0. The van der Waals surface area contributed by atoms with Crippen molar-refractivity contribution in [3.05, 3.63) is 26.9 Å². The Balaban J connectivity index is 2.82. The van der Waals surface area contributed by atoms with E-state index in [9.17, 15) is 14.4 Å². The van der Waals surface area contributed by atoms with E-state index in [0.717, 1.165) is 6.07 Å². The van der Waals surface area contributed by atoms with Crippen LogP contribution in [0.2, 0.25) is 0 Å². The van der Waals surface area contributed by atoms with Gasteiger partial charge >= 0.3 is 5.69 Å². The molecule has 76 valence electrons. The summed E-state index contributed by atoms with van der Waals surface area (Å²) in [6, 6.07) is 1.06. The van der Waals surface area contributed by atoms with Gasteiger partial charge in [-0.25, -0.2) is 4.79 Å². The minimum absolute atomic E-state index is 0.0424.